The molecule has 0 aliphatic heterocycles. The summed E-state index contributed by atoms with van der Waals surface area (Å²) < 4.78 is 23.2. The van der Waals surface area contributed by atoms with Gasteiger partial charge in [0.25, 0.3) is 0 Å². The summed E-state index contributed by atoms with van der Waals surface area (Å²) in [7, 11) is 7.21. The van der Waals surface area contributed by atoms with Gasteiger partial charge in [-0.2, -0.15) is 0 Å². The Morgan fingerprint density at radius 3 is 0.860 bits per heavy atom. The molecule has 0 saturated carbocycles. The number of hydrogen-bond acceptors (Lipinski definition) is 9. The first-order valence-corrected chi connectivity index (χ1v) is 17.0. The zero-order valence-electron chi connectivity index (χ0n) is 30.7. The highest BCUT2D eigenvalue weighted by atomic mass is 16.5. The van der Waals surface area contributed by atoms with Crippen molar-refractivity contribution in [3.63, 3.8) is 0 Å². The van der Waals surface area contributed by atoms with E-state index in [0.717, 1.165) is 22.3 Å². The summed E-state index contributed by atoms with van der Waals surface area (Å²) in [5.41, 5.74) is 4.00. The van der Waals surface area contributed by atoms with Gasteiger partial charge in [0.1, 0.15) is 68.0 Å². The molecule has 270 valence electrons. The number of likely N-dealkylation sites (N-methyl/N-ethyl adjacent to an activating group) is 2. The minimum absolute atomic E-state index is 0.103. The second kappa shape index (κ2) is 17.2. The van der Waals surface area contributed by atoms with Gasteiger partial charge in [-0.15, -0.1) is 0 Å². The summed E-state index contributed by atoms with van der Waals surface area (Å²) in [4.78, 5) is 3.39. The molecule has 0 aromatic heterocycles. The topological polar surface area (TPSA) is 104 Å². The minimum Gasteiger partial charge on any atom is -0.491 e. The molecule has 0 bridgehead atoms. The molecule has 0 amide bonds. The van der Waals surface area contributed by atoms with Gasteiger partial charge in [-0.3, -0.25) is 9.80 Å². The standard InChI is InChI=1S/C41H54N2O7/c1-40(2,31-13-21-36(22-14-31)49-27-38(45)42(5)6)29-9-17-34(18-10-29)47-25-33(44)26-48-35-19-11-30(12-20-35)41(3,4)32-15-23-37(24-16-32)50-28-39(46)43(7)8/h9-24,33,38-39,44-46H,25-28H2,1-8H3. The molecule has 4 aromatic rings. The third-order valence-electron chi connectivity index (χ3n) is 9.18. The Bertz CT molecular complexity index is 1470. The third-order valence-corrected chi connectivity index (χ3v) is 9.18. The average Bonchev–Trinajstić information content (AvgIpc) is 3.11. The van der Waals surface area contributed by atoms with E-state index in [1.54, 1.807) is 38.0 Å². The molecule has 3 N–H and O–H groups in total. The normalized spacial score (nSPS) is 13.9. The van der Waals surface area contributed by atoms with Crippen molar-refractivity contribution in [2.45, 2.75) is 57.1 Å². The molecule has 50 heavy (non-hydrogen) atoms. The van der Waals surface area contributed by atoms with Crippen LogP contribution in [0.1, 0.15) is 49.9 Å². The van der Waals surface area contributed by atoms with Crippen LogP contribution in [0, 0.1) is 0 Å². The van der Waals surface area contributed by atoms with Crippen LogP contribution in [0.5, 0.6) is 23.0 Å². The van der Waals surface area contributed by atoms with Gasteiger partial charge >= 0.3 is 0 Å². The van der Waals surface area contributed by atoms with Crippen LogP contribution in [0.3, 0.4) is 0 Å². The summed E-state index contributed by atoms with van der Waals surface area (Å²) in [6.07, 6.45) is -2.13. The number of nitrogens with zero attached hydrogens (tertiary/aromatic N) is 2. The van der Waals surface area contributed by atoms with Crippen LogP contribution in [0.25, 0.3) is 0 Å². The molecular formula is C41H54N2O7. The lowest BCUT2D eigenvalue weighted by Crippen LogP contribution is -2.33. The molecule has 9 heteroatoms. The van der Waals surface area contributed by atoms with Crippen molar-refractivity contribution in [1.29, 1.82) is 0 Å². The molecule has 0 radical (unpaired) electrons. The molecule has 0 fully saturated rings. The largest absolute Gasteiger partial charge is 0.491 e. The van der Waals surface area contributed by atoms with Crippen molar-refractivity contribution < 1.29 is 34.3 Å². The predicted molar refractivity (Wildman–Crippen MR) is 197 cm³/mol. The lowest BCUT2D eigenvalue weighted by molar-refractivity contribution is 0.00181. The Morgan fingerprint density at radius 1 is 0.420 bits per heavy atom. The average molecular weight is 687 g/mol. The zero-order valence-corrected chi connectivity index (χ0v) is 30.7. The third kappa shape index (κ3) is 10.4. The fraction of sp³-hybridized carbons (Fsp3) is 0.415. The smallest absolute Gasteiger partial charge is 0.141 e. The number of benzene rings is 4. The molecule has 0 heterocycles. The maximum Gasteiger partial charge on any atom is 0.141 e. The van der Waals surface area contributed by atoms with E-state index in [2.05, 4.69) is 27.7 Å². The molecule has 4 rings (SSSR count). The van der Waals surface area contributed by atoms with Crippen molar-refractivity contribution in [2.24, 2.45) is 0 Å². The van der Waals surface area contributed by atoms with Crippen molar-refractivity contribution in [3.05, 3.63) is 119 Å². The molecule has 0 spiro atoms. The molecule has 9 nitrogen and oxygen atoms in total. The Labute approximate surface area is 297 Å². The SMILES string of the molecule is CN(C)C(O)COc1ccc(C(C)(C)c2ccc(OCC(O)COc3ccc(C(C)(C)c4ccc(OCC(O)N(C)C)cc4)cc3)cc2)cc1. The highest BCUT2D eigenvalue weighted by Crippen LogP contribution is 2.35. The van der Waals surface area contributed by atoms with Crippen LogP contribution in [0.2, 0.25) is 0 Å². The van der Waals surface area contributed by atoms with Crippen molar-refractivity contribution in [2.75, 3.05) is 54.6 Å². The minimum atomic E-state index is -0.804. The van der Waals surface area contributed by atoms with E-state index in [1.807, 2.05) is 97.1 Å². The van der Waals surface area contributed by atoms with Crippen LogP contribution in [0.4, 0.5) is 0 Å². The number of hydrogen-bond donors (Lipinski definition) is 3. The number of aliphatic hydroxyl groups is 3. The summed E-state index contributed by atoms with van der Waals surface area (Å²) in [5.74, 6) is 2.76. The van der Waals surface area contributed by atoms with Gasteiger partial charge in [-0.1, -0.05) is 76.2 Å². The quantitative estimate of drug-likeness (QED) is 0.114. The van der Waals surface area contributed by atoms with Gasteiger partial charge in [-0.25, -0.2) is 0 Å². The second-order valence-corrected chi connectivity index (χ2v) is 14.1. The summed E-state index contributed by atoms with van der Waals surface area (Å²) in [6, 6.07) is 31.7. The first-order chi connectivity index (χ1) is 23.7. The van der Waals surface area contributed by atoms with Crippen molar-refractivity contribution in [1.82, 2.24) is 9.80 Å². The maximum absolute atomic E-state index is 10.6. The second-order valence-electron chi connectivity index (χ2n) is 14.1. The van der Waals surface area contributed by atoms with E-state index in [-0.39, 0.29) is 37.3 Å². The highest BCUT2D eigenvalue weighted by Gasteiger charge is 2.25. The Hall–Kier alpha value is -4.12. The van der Waals surface area contributed by atoms with E-state index in [1.165, 1.54) is 0 Å². The lowest BCUT2D eigenvalue weighted by Gasteiger charge is -2.27. The summed E-state index contributed by atoms with van der Waals surface area (Å²) in [5, 5.41) is 30.5. The van der Waals surface area contributed by atoms with Crippen LogP contribution >= 0.6 is 0 Å². The van der Waals surface area contributed by atoms with Crippen molar-refractivity contribution in [3.8, 4) is 23.0 Å². The number of aliphatic hydroxyl groups excluding tert-OH is 3. The van der Waals surface area contributed by atoms with E-state index in [0.29, 0.717) is 23.0 Å². The van der Waals surface area contributed by atoms with Gasteiger partial charge in [0, 0.05) is 10.8 Å². The fourth-order valence-electron chi connectivity index (χ4n) is 5.28. The Kier molecular flexibility index (Phi) is 13.3. The molecule has 2 atom stereocenters. The molecular weight excluding hydrogens is 632 g/mol. The predicted octanol–water partition coefficient (Wildman–Crippen LogP) is 5.67. The van der Waals surface area contributed by atoms with Crippen LogP contribution < -0.4 is 18.9 Å². The van der Waals surface area contributed by atoms with E-state index in [9.17, 15) is 15.3 Å². The monoisotopic (exact) mass is 686 g/mol. The molecule has 0 aliphatic rings. The van der Waals surface area contributed by atoms with Gasteiger partial charge in [0.05, 0.1) is 0 Å². The first-order valence-electron chi connectivity index (χ1n) is 17.0. The van der Waals surface area contributed by atoms with E-state index in [4.69, 9.17) is 18.9 Å². The van der Waals surface area contributed by atoms with Crippen LogP contribution in [-0.2, 0) is 10.8 Å². The number of rotatable bonds is 18. The van der Waals surface area contributed by atoms with Gasteiger partial charge in [0.15, 0.2) is 0 Å². The molecule has 2 unspecified atom stereocenters. The maximum atomic E-state index is 10.6. The van der Waals surface area contributed by atoms with E-state index < -0.39 is 18.6 Å². The first kappa shape index (κ1) is 38.7. The Morgan fingerprint density at radius 2 is 0.640 bits per heavy atom. The van der Waals surface area contributed by atoms with Gasteiger partial charge in [0.2, 0.25) is 0 Å². The Balaban J connectivity index is 1.24. The summed E-state index contributed by atoms with van der Waals surface area (Å²) in [6.45, 7) is 9.26. The van der Waals surface area contributed by atoms with Crippen LogP contribution in [0.15, 0.2) is 97.1 Å². The van der Waals surface area contributed by atoms with Gasteiger partial charge in [-0.05, 0) is 99.0 Å². The van der Waals surface area contributed by atoms with E-state index >= 15 is 0 Å². The van der Waals surface area contributed by atoms with Crippen LogP contribution in [-0.4, -0.2) is 98.3 Å². The number of ether oxygens (including phenoxy) is 4. The molecule has 4 aromatic carbocycles. The lowest BCUT2D eigenvalue weighted by atomic mass is 9.78. The molecule has 0 saturated heterocycles. The fourth-order valence-corrected chi connectivity index (χ4v) is 5.28. The summed E-state index contributed by atoms with van der Waals surface area (Å²) >= 11 is 0. The molecule has 0 aliphatic carbocycles. The van der Waals surface area contributed by atoms with Crippen molar-refractivity contribution >= 4 is 0 Å². The highest BCUT2D eigenvalue weighted by molar-refractivity contribution is 5.43. The zero-order chi connectivity index (χ0) is 36.5. The van der Waals surface area contributed by atoms with Gasteiger partial charge < -0.3 is 34.3 Å².